The zero-order valence-electron chi connectivity index (χ0n) is 25.4. The van der Waals surface area contributed by atoms with Crippen LogP contribution in [-0.4, -0.2) is 51.8 Å². The summed E-state index contributed by atoms with van der Waals surface area (Å²) in [6, 6.07) is 13.4. The van der Waals surface area contributed by atoms with E-state index in [0.29, 0.717) is 16.3 Å². The Labute approximate surface area is 256 Å². The van der Waals surface area contributed by atoms with Crippen molar-refractivity contribution in [2.24, 2.45) is 0 Å². The molecule has 226 valence electrons. The van der Waals surface area contributed by atoms with Crippen molar-refractivity contribution in [3.63, 3.8) is 0 Å². The second kappa shape index (κ2) is 12.7. The van der Waals surface area contributed by atoms with Crippen LogP contribution in [0, 0.1) is 30.9 Å². The lowest BCUT2D eigenvalue weighted by molar-refractivity contribution is -0.384. The number of anilines is 1. The number of thioether (sulfide) groups is 1. The van der Waals surface area contributed by atoms with E-state index >= 15 is 0 Å². The van der Waals surface area contributed by atoms with Crippen LogP contribution in [0.1, 0.15) is 67.1 Å². The van der Waals surface area contributed by atoms with Gasteiger partial charge in [0.15, 0.2) is 0 Å². The highest BCUT2D eigenvalue weighted by atomic mass is 32.2. The molecule has 0 aliphatic carbocycles. The number of ether oxygens (including phenoxy) is 1. The Hall–Kier alpha value is -4.05. The monoisotopic (exact) mass is 602 g/mol. The molecule has 43 heavy (non-hydrogen) atoms. The molecular formula is C33H38N4O5S. The van der Waals surface area contributed by atoms with Crippen LogP contribution < -0.4 is 9.64 Å². The molecule has 9 nitrogen and oxygen atoms in total. The smallest absolute Gasteiger partial charge is 0.294 e. The van der Waals surface area contributed by atoms with Crippen LogP contribution in [0.4, 0.5) is 16.2 Å². The normalized spacial score (nSPS) is 16.6. The maximum atomic E-state index is 13.2. The number of hydrogen-bond acceptors (Lipinski definition) is 7. The second-order valence-corrected chi connectivity index (χ2v) is 12.5. The maximum absolute atomic E-state index is 13.2. The molecule has 0 N–H and O–H groups in total. The molecule has 3 aromatic rings. The Morgan fingerprint density at radius 2 is 1.77 bits per heavy atom. The zero-order valence-corrected chi connectivity index (χ0v) is 26.2. The first-order valence-electron chi connectivity index (χ1n) is 14.8. The number of carbonyl (C=O) groups is 2. The Morgan fingerprint density at radius 1 is 1.02 bits per heavy atom. The molecule has 1 aromatic heterocycles. The van der Waals surface area contributed by atoms with Gasteiger partial charge in [-0.1, -0.05) is 26.0 Å². The van der Waals surface area contributed by atoms with Gasteiger partial charge in [0.05, 0.1) is 22.1 Å². The number of aromatic nitrogens is 1. The summed E-state index contributed by atoms with van der Waals surface area (Å²) in [5.74, 6) is 0.709. The lowest BCUT2D eigenvalue weighted by atomic mass is 10.0. The summed E-state index contributed by atoms with van der Waals surface area (Å²) in [7, 11) is 0. The number of benzene rings is 2. The molecule has 2 aliphatic heterocycles. The lowest BCUT2D eigenvalue weighted by Crippen LogP contribution is -2.32. The van der Waals surface area contributed by atoms with E-state index in [0.717, 1.165) is 77.9 Å². The molecule has 0 atom stereocenters. The predicted octanol–water partition coefficient (Wildman–Crippen LogP) is 7.54. The minimum atomic E-state index is -0.349. The van der Waals surface area contributed by atoms with Crippen molar-refractivity contribution in [3.8, 4) is 11.4 Å². The number of aryl methyl sites for hydroxylation is 2. The van der Waals surface area contributed by atoms with Gasteiger partial charge in [-0.3, -0.25) is 24.6 Å². The van der Waals surface area contributed by atoms with Gasteiger partial charge in [-0.2, -0.15) is 0 Å². The van der Waals surface area contributed by atoms with Crippen LogP contribution >= 0.6 is 11.8 Å². The molecular weight excluding hydrogens is 564 g/mol. The molecule has 2 aromatic carbocycles. The van der Waals surface area contributed by atoms with Crippen LogP contribution in [0.2, 0.25) is 0 Å². The lowest BCUT2D eigenvalue weighted by Gasteiger charge is -2.28. The summed E-state index contributed by atoms with van der Waals surface area (Å²) in [5, 5.41) is 11.7. The molecule has 2 fully saturated rings. The van der Waals surface area contributed by atoms with Gasteiger partial charge in [0.25, 0.3) is 16.8 Å². The molecule has 0 unspecified atom stereocenters. The zero-order chi connectivity index (χ0) is 30.8. The van der Waals surface area contributed by atoms with Crippen molar-refractivity contribution < 1.29 is 19.2 Å². The molecule has 2 saturated heterocycles. The molecule has 0 bridgehead atoms. The Bertz CT molecular complexity index is 1600. The number of carbonyl (C=O) groups excluding carboxylic acids is 2. The first-order chi connectivity index (χ1) is 20.5. The van der Waals surface area contributed by atoms with Crippen LogP contribution in [-0.2, 0) is 4.79 Å². The summed E-state index contributed by atoms with van der Waals surface area (Å²) in [5.41, 5.74) is 6.07. The van der Waals surface area contributed by atoms with E-state index in [9.17, 15) is 19.7 Å². The third-order valence-corrected chi connectivity index (χ3v) is 9.01. The van der Waals surface area contributed by atoms with Crippen LogP contribution in [0.15, 0.2) is 47.4 Å². The van der Waals surface area contributed by atoms with Crippen LogP contribution in [0.5, 0.6) is 5.75 Å². The van der Waals surface area contributed by atoms with Crippen molar-refractivity contribution in [1.82, 2.24) is 9.47 Å². The van der Waals surface area contributed by atoms with Crippen molar-refractivity contribution in [2.75, 3.05) is 31.1 Å². The Kier molecular flexibility index (Phi) is 8.96. The number of piperidine rings is 1. The van der Waals surface area contributed by atoms with Crippen molar-refractivity contribution in [2.45, 2.75) is 59.8 Å². The molecule has 0 radical (unpaired) electrons. The highest BCUT2D eigenvalue weighted by Crippen LogP contribution is 2.36. The fourth-order valence-electron chi connectivity index (χ4n) is 5.85. The van der Waals surface area contributed by atoms with E-state index in [2.05, 4.69) is 24.8 Å². The van der Waals surface area contributed by atoms with Gasteiger partial charge >= 0.3 is 0 Å². The number of rotatable bonds is 9. The molecule has 2 amide bonds. The van der Waals surface area contributed by atoms with E-state index in [1.54, 1.807) is 12.1 Å². The molecule has 5 rings (SSSR count). The largest absolute Gasteiger partial charge is 0.491 e. The number of imide groups is 1. The van der Waals surface area contributed by atoms with Crippen molar-refractivity contribution >= 4 is 40.4 Å². The average molecular weight is 603 g/mol. The minimum absolute atomic E-state index is 0.0861. The molecule has 0 saturated carbocycles. The highest BCUT2D eigenvalue weighted by molar-refractivity contribution is 8.18. The maximum Gasteiger partial charge on any atom is 0.294 e. The van der Waals surface area contributed by atoms with Crippen LogP contribution in [0.3, 0.4) is 0 Å². The number of hydrogen-bond donors (Lipinski definition) is 0. The van der Waals surface area contributed by atoms with E-state index in [1.165, 1.54) is 4.90 Å². The standard InChI is InChI=1S/C33H38N4O5S/c1-21(2)27-11-9-22(3)17-30(27)42-16-15-35-32(38)31(43-33(35)39)19-25-18-23(4)36(24(25)5)26-10-12-28(29(20-26)37(40)41)34-13-7-6-8-14-34/h9-12,17-21H,6-8,13-16H2,1-5H3/b31-19-. The molecule has 10 heteroatoms. The van der Waals surface area contributed by atoms with Gasteiger partial charge in [0.2, 0.25) is 0 Å². The summed E-state index contributed by atoms with van der Waals surface area (Å²) >= 11 is 0.916. The van der Waals surface area contributed by atoms with E-state index in [-0.39, 0.29) is 40.8 Å². The van der Waals surface area contributed by atoms with Gasteiger partial charge in [0.1, 0.15) is 18.0 Å². The minimum Gasteiger partial charge on any atom is -0.491 e. The molecule has 2 aliphatic rings. The van der Waals surface area contributed by atoms with Crippen molar-refractivity contribution in [1.29, 1.82) is 0 Å². The van der Waals surface area contributed by atoms with Gasteiger partial charge < -0.3 is 14.2 Å². The van der Waals surface area contributed by atoms with Crippen molar-refractivity contribution in [3.05, 3.63) is 85.6 Å². The van der Waals surface area contributed by atoms with Gasteiger partial charge in [-0.15, -0.1) is 0 Å². The van der Waals surface area contributed by atoms with E-state index in [1.807, 2.05) is 55.7 Å². The molecule has 3 heterocycles. The van der Waals surface area contributed by atoms with Gasteiger partial charge in [0, 0.05) is 30.5 Å². The Balaban J connectivity index is 1.34. The SMILES string of the molecule is Cc1ccc(C(C)C)c(OCCN2C(=O)S/C(=C\c3cc(C)n(-c4ccc(N5CCCCC5)c([N+](=O)[O-])c4)c3C)C2=O)c1. The molecule has 0 spiro atoms. The van der Waals surface area contributed by atoms with E-state index < -0.39 is 0 Å². The number of nitro benzene ring substituents is 1. The van der Waals surface area contributed by atoms with E-state index in [4.69, 9.17) is 4.74 Å². The van der Waals surface area contributed by atoms with Crippen LogP contribution in [0.25, 0.3) is 11.8 Å². The fraction of sp³-hybridized carbons (Fsp3) is 0.394. The van der Waals surface area contributed by atoms with Gasteiger partial charge in [-0.05, 0) is 105 Å². The number of nitrogens with zero attached hydrogens (tertiary/aromatic N) is 4. The first kappa shape index (κ1) is 30.4. The topological polar surface area (TPSA) is 97.9 Å². The average Bonchev–Trinajstić information content (AvgIpc) is 3.41. The number of amides is 2. The highest BCUT2D eigenvalue weighted by Gasteiger charge is 2.35. The number of nitro groups is 1. The fourth-order valence-corrected chi connectivity index (χ4v) is 6.71. The quantitative estimate of drug-likeness (QED) is 0.142. The third kappa shape index (κ3) is 6.34. The third-order valence-electron chi connectivity index (χ3n) is 8.10. The predicted molar refractivity (Wildman–Crippen MR) is 171 cm³/mol. The second-order valence-electron chi connectivity index (χ2n) is 11.5. The summed E-state index contributed by atoms with van der Waals surface area (Å²) in [4.78, 5) is 41.4. The summed E-state index contributed by atoms with van der Waals surface area (Å²) in [6.45, 7) is 12.0. The Morgan fingerprint density at radius 3 is 2.47 bits per heavy atom. The first-order valence-corrected chi connectivity index (χ1v) is 15.6. The summed E-state index contributed by atoms with van der Waals surface area (Å²) in [6.07, 6.45) is 4.94. The summed E-state index contributed by atoms with van der Waals surface area (Å²) < 4.78 is 7.97. The van der Waals surface area contributed by atoms with Gasteiger partial charge in [-0.25, -0.2) is 0 Å².